The van der Waals surface area contributed by atoms with Gasteiger partial charge in [-0.25, -0.2) is 0 Å². The molecular formula is C13H23N3O2. The zero-order valence-corrected chi connectivity index (χ0v) is 11.1. The quantitative estimate of drug-likeness (QED) is 0.753. The number of amides is 2. The normalized spacial score (nSPS) is 26.2. The van der Waals surface area contributed by atoms with Crippen LogP contribution in [0.15, 0.2) is 0 Å². The molecular weight excluding hydrogens is 230 g/mol. The Morgan fingerprint density at radius 3 is 2.56 bits per heavy atom. The monoisotopic (exact) mass is 253 g/mol. The van der Waals surface area contributed by atoms with Gasteiger partial charge in [0.2, 0.25) is 11.8 Å². The van der Waals surface area contributed by atoms with Crippen LogP contribution < -0.4 is 11.1 Å². The van der Waals surface area contributed by atoms with Crippen molar-refractivity contribution in [3.8, 4) is 0 Å². The summed E-state index contributed by atoms with van der Waals surface area (Å²) in [6.45, 7) is 3.76. The maximum atomic E-state index is 12.7. The molecule has 1 aliphatic carbocycles. The number of rotatable bonds is 4. The van der Waals surface area contributed by atoms with Crippen LogP contribution in [0.1, 0.15) is 39.0 Å². The highest BCUT2D eigenvalue weighted by Gasteiger charge is 2.41. The summed E-state index contributed by atoms with van der Waals surface area (Å²) in [6, 6.07) is 0.127. The molecule has 1 aliphatic heterocycles. The molecule has 1 saturated heterocycles. The van der Waals surface area contributed by atoms with Gasteiger partial charge in [0.1, 0.15) is 0 Å². The first-order valence-corrected chi connectivity index (χ1v) is 6.83. The minimum Gasteiger partial charge on any atom is -0.368 e. The Bertz CT molecular complexity index is 331. The van der Waals surface area contributed by atoms with Crippen LogP contribution in [0.3, 0.4) is 0 Å². The van der Waals surface area contributed by atoms with Crippen LogP contribution in [0, 0.1) is 5.41 Å². The number of carbonyl (C=O) groups is 2. The van der Waals surface area contributed by atoms with Gasteiger partial charge < -0.3 is 16.0 Å². The Hall–Kier alpha value is -1.10. The molecule has 5 heteroatoms. The smallest absolute Gasteiger partial charge is 0.237 e. The number of carbonyl (C=O) groups excluding carboxylic acids is 2. The van der Waals surface area contributed by atoms with E-state index in [1.807, 2.05) is 6.92 Å². The van der Waals surface area contributed by atoms with Crippen molar-refractivity contribution in [2.24, 2.45) is 11.1 Å². The Kier molecular flexibility index (Phi) is 3.90. The number of nitrogens with zero attached hydrogens (tertiary/aromatic N) is 1. The highest BCUT2D eigenvalue weighted by atomic mass is 16.2. The van der Waals surface area contributed by atoms with E-state index < -0.39 is 5.91 Å². The fraction of sp³-hybridized carbons (Fsp3) is 0.846. The van der Waals surface area contributed by atoms with Crippen molar-refractivity contribution in [2.75, 3.05) is 19.6 Å². The van der Waals surface area contributed by atoms with E-state index in [0.29, 0.717) is 0 Å². The van der Waals surface area contributed by atoms with E-state index in [-0.39, 0.29) is 23.9 Å². The van der Waals surface area contributed by atoms with Crippen molar-refractivity contribution in [3.63, 3.8) is 0 Å². The molecule has 0 aromatic carbocycles. The Morgan fingerprint density at radius 1 is 1.39 bits per heavy atom. The molecule has 2 fully saturated rings. The third-order valence-electron chi connectivity index (χ3n) is 4.29. The number of primary amides is 1. The average molecular weight is 253 g/mol. The molecule has 1 unspecified atom stereocenters. The van der Waals surface area contributed by atoms with Crippen molar-refractivity contribution < 1.29 is 9.59 Å². The van der Waals surface area contributed by atoms with Crippen LogP contribution in [0.25, 0.3) is 0 Å². The number of nitrogens with two attached hydrogens (primary N) is 1. The van der Waals surface area contributed by atoms with Gasteiger partial charge in [0, 0.05) is 18.0 Å². The fourth-order valence-electron chi connectivity index (χ4n) is 3.16. The Morgan fingerprint density at radius 2 is 2.06 bits per heavy atom. The summed E-state index contributed by atoms with van der Waals surface area (Å²) in [5.41, 5.74) is 5.01. The van der Waals surface area contributed by atoms with Crippen LogP contribution in [-0.2, 0) is 9.59 Å². The lowest BCUT2D eigenvalue weighted by Crippen LogP contribution is -2.51. The van der Waals surface area contributed by atoms with Gasteiger partial charge in [0.25, 0.3) is 0 Å². The molecule has 2 aliphatic rings. The molecule has 2 rings (SSSR count). The molecule has 0 aromatic rings. The van der Waals surface area contributed by atoms with Gasteiger partial charge in [0.05, 0.1) is 6.54 Å². The molecule has 0 bridgehead atoms. The van der Waals surface area contributed by atoms with Crippen molar-refractivity contribution >= 4 is 11.8 Å². The summed E-state index contributed by atoms with van der Waals surface area (Å²) >= 11 is 0. The first kappa shape index (κ1) is 13.3. The van der Waals surface area contributed by atoms with Crippen LogP contribution >= 0.6 is 0 Å². The lowest BCUT2D eigenvalue weighted by Gasteiger charge is -2.34. The average Bonchev–Trinajstić information content (AvgIpc) is 2.96. The standard InChI is InChI=1S/C13H23N3O2/c1-13(5-2-3-6-13)12(18)16(9-11(14)17)10-4-7-15-8-10/h10,15H,2-9H2,1H3,(H2,14,17). The SMILES string of the molecule is CC1(C(=O)N(CC(N)=O)C2CCNC2)CCCC1. The first-order chi connectivity index (χ1) is 8.53. The highest BCUT2D eigenvalue weighted by Crippen LogP contribution is 2.39. The molecule has 0 aromatic heterocycles. The summed E-state index contributed by atoms with van der Waals surface area (Å²) in [7, 11) is 0. The Labute approximate surface area is 108 Å². The molecule has 5 nitrogen and oxygen atoms in total. The third kappa shape index (κ3) is 2.66. The van der Waals surface area contributed by atoms with Gasteiger partial charge in [-0.15, -0.1) is 0 Å². The van der Waals surface area contributed by atoms with E-state index in [0.717, 1.165) is 45.2 Å². The molecule has 0 radical (unpaired) electrons. The molecule has 0 spiro atoms. The number of hydrogen-bond acceptors (Lipinski definition) is 3. The van der Waals surface area contributed by atoms with E-state index in [1.54, 1.807) is 4.90 Å². The van der Waals surface area contributed by atoms with Gasteiger partial charge in [-0.1, -0.05) is 19.8 Å². The van der Waals surface area contributed by atoms with Crippen molar-refractivity contribution in [3.05, 3.63) is 0 Å². The molecule has 1 saturated carbocycles. The van der Waals surface area contributed by atoms with E-state index in [2.05, 4.69) is 5.32 Å². The molecule has 102 valence electrons. The molecule has 1 heterocycles. The topological polar surface area (TPSA) is 75.4 Å². The summed E-state index contributed by atoms with van der Waals surface area (Å²) in [5, 5.41) is 3.24. The number of hydrogen-bond donors (Lipinski definition) is 2. The summed E-state index contributed by atoms with van der Waals surface area (Å²) in [5.74, 6) is -0.302. The summed E-state index contributed by atoms with van der Waals surface area (Å²) < 4.78 is 0. The summed E-state index contributed by atoms with van der Waals surface area (Å²) in [4.78, 5) is 25.6. The molecule has 3 N–H and O–H groups in total. The van der Waals surface area contributed by atoms with Crippen LogP contribution in [-0.4, -0.2) is 42.4 Å². The van der Waals surface area contributed by atoms with Crippen LogP contribution in [0.2, 0.25) is 0 Å². The lowest BCUT2D eigenvalue weighted by molar-refractivity contribution is -0.145. The second-order valence-electron chi connectivity index (χ2n) is 5.81. The zero-order chi connectivity index (χ0) is 13.2. The zero-order valence-electron chi connectivity index (χ0n) is 11.1. The van der Waals surface area contributed by atoms with Crippen LogP contribution in [0.5, 0.6) is 0 Å². The van der Waals surface area contributed by atoms with E-state index in [4.69, 9.17) is 5.73 Å². The van der Waals surface area contributed by atoms with E-state index in [1.165, 1.54) is 0 Å². The second-order valence-corrected chi connectivity index (χ2v) is 5.81. The predicted molar refractivity (Wildman–Crippen MR) is 68.8 cm³/mol. The maximum Gasteiger partial charge on any atom is 0.237 e. The van der Waals surface area contributed by atoms with Crippen molar-refractivity contribution in [1.82, 2.24) is 10.2 Å². The minimum atomic E-state index is -0.420. The molecule has 1 atom stereocenters. The van der Waals surface area contributed by atoms with Crippen LogP contribution in [0.4, 0.5) is 0 Å². The third-order valence-corrected chi connectivity index (χ3v) is 4.29. The number of nitrogens with one attached hydrogen (secondary N) is 1. The van der Waals surface area contributed by atoms with Gasteiger partial charge in [-0.3, -0.25) is 9.59 Å². The Balaban J connectivity index is 2.11. The predicted octanol–water partition coefficient (Wildman–Crippen LogP) is 0.242. The van der Waals surface area contributed by atoms with Crippen molar-refractivity contribution in [2.45, 2.75) is 45.1 Å². The van der Waals surface area contributed by atoms with Gasteiger partial charge >= 0.3 is 0 Å². The fourth-order valence-corrected chi connectivity index (χ4v) is 3.16. The molecule has 2 amide bonds. The minimum absolute atomic E-state index is 0.0563. The van der Waals surface area contributed by atoms with Gasteiger partial charge in [-0.2, -0.15) is 0 Å². The lowest BCUT2D eigenvalue weighted by atomic mass is 9.86. The first-order valence-electron chi connectivity index (χ1n) is 6.83. The van der Waals surface area contributed by atoms with Gasteiger partial charge in [0.15, 0.2) is 0 Å². The summed E-state index contributed by atoms with van der Waals surface area (Å²) in [6.07, 6.45) is 4.99. The molecule has 18 heavy (non-hydrogen) atoms. The largest absolute Gasteiger partial charge is 0.368 e. The van der Waals surface area contributed by atoms with E-state index >= 15 is 0 Å². The van der Waals surface area contributed by atoms with E-state index in [9.17, 15) is 9.59 Å². The van der Waals surface area contributed by atoms with Gasteiger partial charge in [-0.05, 0) is 25.8 Å². The second kappa shape index (κ2) is 5.26. The highest BCUT2D eigenvalue weighted by molar-refractivity contribution is 5.87. The van der Waals surface area contributed by atoms with Crippen molar-refractivity contribution in [1.29, 1.82) is 0 Å². The maximum absolute atomic E-state index is 12.7.